The molecular formula is C14H21NO2. The van der Waals surface area contributed by atoms with E-state index in [1.807, 2.05) is 32.9 Å². The highest BCUT2D eigenvalue weighted by Gasteiger charge is 2.25. The lowest BCUT2D eigenvalue weighted by atomic mass is 10.2. The Bertz CT molecular complexity index is 392. The van der Waals surface area contributed by atoms with Crippen molar-refractivity contribution < 1.29 is 9.47 Å². The normalized spacial score (nSPS) is 15.8. The fourth-order valence-electron chi connectivity index (χ4n) is 1.57. The van der Waals surface area contributed by atoms with Gasteiger partial charge in [-0.15, -0.1) is 0 Å². The molecule has 0 N–H and O–H groups in total. The molecule has 1 heterocycles. The molecule has 1 fully saturated rings. The minimum atomic E-state index is -0.211. The van der Waals surface area contributed by atoms with Gasteiger partial charge in [-0.2, -0.15) is 0 Å². The van der Waals surface area contributed by atoms with Crippen LogP contribution in [0, 0.1) is 0 Å². The van der Waals surface area contributed by atoms with Crippen molar-refractivity contribution in [2.45, 2.75) is 58.7 Å². The molecule has 0 amide bonds. The minimum Gasteiger partial charge on any atom is -0.489 e. The van der Waals surface area contributed by atoms with Crippen molar-refractivity contribution in [1.29, 1.82) is 0 Å². The molecule has 1 aliphatic carbocycles. The van der Waals surface area contributed by atoms with Gasteiger partial charge in [0.2, 0.25) is 5.88 Å². The summed E-state index contributed by atoms with van der Waals surface area (Å²) in [4.78, 5) is 4.51. The second-order valence-corrected chi connectivity index (χ2v) is 5.48. The highest BCUT2D eigenvalue weighted by atomic mass is 16.5. The molecule has 0 radical (unpaired) electrons. The van der Waals surface area contributed by atoms with E-state index in [2.05, 4.69) is 11.9 Å². The first-order chi connectivity index (χ1) is 7.98. The van der Waals surface area contributed by atoms with E-state index in [4.69, 9.17) is 9.47 Å². The average molecular weight is 235 g/mol. The van der Waals surface area contributed by atoms with Crippen molar-refractivity contribution in [3.8, 4) is 11.6 Å². The number of pyridine rings is 1. The molecule has 1 aromatic heterocycles. The summed E-state index contributed by atoms with van der Waals surface area (Å²) in [5, 5.41) is 0. The molecule has 0 unspecified atom stereocenters. The molecule has 3 nitrogen and oxygen atoms in total. The fourth-order valence-corrected chi connectivity index (χ4v) is 1.57. The number of aryl methyl sites for hydroxylation is 1. The first-order valence-electron chi connectivity index (χ1n) is 6.33. The Kier molecular flexibility index (Phi) is 3.27. The zero-order valence-electron chi connectivity index (χ0n) is 11.1. The number of hydrogen-bond donors (Lipinski definition) is 0. The Balaban J connectivity index is 2.14. The molecule has 2 rings (SSSR count). The number of ether oxygens (including phenoxy) is 2. The quantitative estimate of drug-likeness (QED) is 0.802. The van der Waals surface area contributed by atoms with E-state index in [-0.39, 0.29) is 5.60 Å². The van der Waals surface area contributed by atoms with E-state index in [0.717, 1.165) is 17.9 Å². The summed E-state index contributed by atoms with van der Waals surface area (Å²) >= 11 is 0. The second kappa shape index (κ2) is 4.55. The van der Waals surface area contributed by atoms with Gasteiger partial charge in [-0.05, 0) is 46.1 Å². The smallest absolute Gasteiger partial charge is 0.214 e. The maximum Gasteiger partial charge on any atom is 0.214 e. The van der Waals surface area contributed by atoms with E-state index in [9.17, 15) is 0 Å². The number of hydrogen-bond acceptors (Lipinski definition) is 3. The zero-order valence-corrected chi connectivity index (χ0v) is 11.1. The molecular weight excluding hydrogens is 214 g/mol. The predicted octanol–water partition coefficient (Wildman–Crippen LogP) is 3.36. The van der Waals surface area contributed by atoms with Gasteiger partial charge >= 0.3 is 0 Å². The third kappa shape index (κ3) is 3.62. The van der Waals surface area contributed by atoms with Crippen LogP contribution < -0.4 is 9.47 Å². The van der Waals surface area contributed by atoms with Crippen molar-refractivity contribution in [2.24, 2.45) is 0 Å². The van der Waals surface area contributed by atoms with E-state index in [1.165, 1.54) is 12.8 Å². The van der Waals surface area contributed by atoms with Crippen molar-refractivity contribution in [3.63, 3.8) is 0 Å². The van der Waals surface area contributed by atoms with E-state index >= 15 is 0 Å². The molecule has 0 aliphatic heterocycles. The molecule has 1 aliphatic rings. The van der Waals surface area contributed by atoms with Gasteiger partial charge in [0.15, 0.2) is 0 Å². The maximum absolute atomic E-state index is 5.81. The highest BCUT2D eigenvalue weighted by molar-refractivity contribution is 5.32. The van der Waals surface area contributed by atoms with Gasteiger partial charge in [0.05, 0.1) is 11.8 Å². The van der Waals surface area contributed by atoms with Crippen LogP contribution in [0.15, 0.2) is 12.1 Å². The lowest BCUT2D eigenvalue weighted by Gasteiger charge is -2.21. The molecule has 0 aromatic carbocycles. The van der Waals surface area contributed by atoms with Gasteiger partial charge in [0.1, 0.15) is 11.4 Å². The lowest BCUT2D eigenvalue weighted by Crippen LogP contribution is -2.23. The molecule has 0 bridgehead atoms. The number of aromatic nitrogens is 1. The van der Waals surface area contributed by atoms with Gasteiger partial charge in [-0.1, -0.05) is 6.92 Å². The van der Waals surface area contributed by atoms with Gasteiger partial charge in [0.25, 0.3) is 0 Å². The second-order valence-electron chi connectivity index (χ2n) is 5.48. The Hall–Kier alpha value is -1.25. The summed E-state index contributed by atoms with van der Waals surface area (Å²) < 4.78 is 11.6. The van der Waals surface area contributed by atoms with Crippen LogP contribution in [0.2, 0.25) is 0 Å². The first-order valence-corrected chi connectivity index (χ1v) is 6.33. The zero-order chi connectivity index (χ0) is 12.5. The molecule has 0 atom stereocenters. The van der Waals surface area contributed by atoms with Crippen LogP contribution in [0.3, 0.4) is 0 Å². The topological polar surface area (TPSA) is 31.4 Å². The van der Waals surface area contributed by atoms with Gasteiger partial charge in [-0.3, -0.25) is 0 Å². The summed E-state index contributed by atoms with van der Waals surface area (Å²) in [7, 11) is 0. The van der Waals surface area contributed by atoms with Crippen LogP contribution in [0.4, 0.5) is 0 Å². The van der Waals surface area contributed by atoms with Gasteiger partial charge < -0.3 is 9.47 Å². The molecule has 3 heteroatoms. The average Bonchev–Trinajstić information content (AvgIpc) is 3.02. The molecule has 0 saturated heterocycles. The molecule has 17 heavy (non-hydrogen) atoms. The molecule has 94 valence electrons. The SMILES string of the molecule is CCc1nc(OC(C)(C)C)ccc1OC1CC1. The third-order valence-corrected chi connectivity index (χ3v) is 2.47. The van der Waals surface area contributed by atoms with Crippen LogP contribution in [0.1, 0.15) is 46.2 Å². The first kappa shape index (κ1) is 12.2. The van der Waals surface area contributed by atoms with Crippen LogP contribution in [-0.2, 0) is 6.42 Å². The predicted molar refractivity (Wildman–Crippen MR) is 67.6 cm³/mol. The molecule has 0 spiro atoms. The van der Waals surface area contributed by atoms with E-state index < -0.39 is 0 Å². The van der Waals surface area contributed by atoms with Crippen molar-refractivity contribution in [3.05, 3.63) is 17.8 Å². The van der Waals surface area contributed by atoms with Crippen molar-refractivity contribution in [1.82, 2.24) is 4.98 Å². The maximum atomic E-state index is 5.81. The summed E-state index contributed by atoms with van der Waals surface area (Å²) in [6.07, 6.45) is 3.62. The van der Waals surface area contributed by atoms with Crippen LogP contribution in [0.5, 0.6) is 11.6 Å². The van der Waals surface area contributed by atoms with Gasteiger partial charge in [-0.25, -0.2) is 4.98 Å². The van der Waals surface area contributed by atoms with E-state index in [0.29, 0.717) is 12.0 Å². The lowest BCUT2D eigenvalue weighted by molar-refractivity contribution is 0.123. The summed E-state index contributed by atoms with van der Waals surface area (Å²) in [6.45, 7) is 8.15. The number of rotatable bonds is 4. The largest absolute Gasteiger partial charge is 0.489 e. The van der Waals surface area contributed by atoms with E-state index in [1.54, 1.807) is 0 Å². The third-order valence-electron chi connectivity index (χ3n) is 2.47. The number of nitrogens with zero attached hydrogens (tertiary/aromatic N) is 1. The summed E-state index contributed by atoms with van der Waals surface area (Å²) in [5.74, 6) is 1.59. The Morgan fingerprint density at radius 1 is 1.29 bits per heavy atom. The fraction of sp³-hybridized carbons (Fsp3) is 0.643. The highest BCUT2D eigenvalue weighted by Crippen LogP contribution is 2.30. The van der Waals surface area contributed by atoms with Crippen LogP contribution in [-0.4, -0.2) is 16.7 Å². The standard InChI is InChI=1S/C14H21NO2/c1-5-11-12(16-10-6-7-10)8-9-13(15-11)17-14(2,3)4/h8-10H,5-7H2,1-4H3. The van der Waals surface area contributed by atoms with Crippen LogP contribution >= 0.6 is 0 Å². The Labute approximate surface area is 103 Å². The Morgan fingerprint density at radius 3 is 2.53 bits per heavy atom. The summed E-state index contributed by atoms with van der Waals surface area (Å²) in [5.41, 5.74) is 0.773. The van der Waals surface area contributed by atoms with Crippen molar-refractivity contribution in [2.75, 3.05) is 0 Å². The van der Waals surface area contributed by atoms with Gasteiger partial charge in [0, 0.05) is 6.07 Å². The monoisotopic (exact) mass is 235 g/mol. The minimum absolute atomic E-state index is 0.211. The van der Waals surface area contributed by atoms with Crippen LogP contribution in [0.25, 0.3) is 0 Å². The Morgan fingerprint density at radius 2 is 2.00 bits per heavy atom. The molecule has 1 aromatic rings. The summed E-state index contributed by atoms with van der Waals surface area (Å²) in [6, 6.07) is 3.87. The molecule has 1 saturated carbocycles. The van der Waals surface area contributed by atoms with Crippen molar-refractivity contribution >= 4 is 0 Å².